The third-order valence-corrected chi connectivity index (χ3v) is 0. The van der Waals surface area contributed by atoms with Gasteiger partial charge >= 0.3 is 35.2 Å². The Kier molecular flexibility index (Phi) is 216. The summed E-state index contributed by atoms with van der Waals surface area (Å²) in [7, 11) is 0. The fourth-order valence-corrected chi connectivity index (χ4v) is 0. The van der Waals surface area contributed by atoms with Crippen LogP contribution in [0, 0.1) is 0 Å². The minimum Gasteiger partial charge on any atom is 0 e. The van der Waals surface area contributed by atoms with Gasteiger partial charge in [0.15, 0.2) is 0 Å². The zero-order valence-corrected chi connectivity index (χ0v) is 7.94. The van der Waals surface area contributed by atoms with Crippen LogP contribution in [0.5, 0.6) is 0 Å². The van der Waals surface area contributed by atoms with Crippen molar-refractivity contribution in [2.24, 2.45) is 0 Å². The zero-order chi connectivity index (χ0) is 0. The van der Waals surface area contributed by atoms with Crippen LogP contribution in [-0.4, -0.2) is 35.2 Å². The SMILES string of the molecule is [GeH4].[GeH4].[Nb].[Nb].[Nb]. The van der Waals surface area contributed by atoms with Crippen molar-refractivity contribution >= 4 is 35.2 Å². The van der Waals surface area contributed by atoms with Gasteiger partial charge in [-0.25, -0.2) is 0 Å². The summed E-state index contributed by atoms with van der Waals surface area (Å²) in [5.41, 5.74) is 0. The summed E-state index contributed by atoms with van der Waals surface area (Å²) in [5, 5.41) is 0. The first-order valence-electron chi connectivity index (χ1n) is 0. The van der Waals surface area contributed by atoms with Gasteiger partial charge in [0.1, 0.15) is 0 Å². The van der Waals surface area contributed by atoms with Gasteiger partial charge in [-0.1, -0.05) is 0 Å². The van der Waals surface area contributed by atoms with E-state index in [2.05, 4.69) is 0 Å². The van der Waals surface area contributed by atoms with Gasteiger partial charge in [0.2, 0.25) is 0 Å². The van der Waals surface area contributed by atoms with Crippen LogP contribution >= 0.6 is 0 Å². The molecule has 0 N–H and O–H groups in total. The quantitative estimate of drug-likeness (QED) is 0.361. The normalized spacial score (nSPS) is 0. The number of hydrogen-bond donors (Lipinski definition) is 0. The Morgan fingerprint density at radius 2 is 0.400 bits per heavy atom. The Hall–Kier alpha value is 3.31. The molecular formula is H8Ge2Nb3. The smallest absolute Gasteiger partial charge is 0 e. The maximum absolute atomic E-state index is 0. The molecule has 0 unspecified atom stereocenters. The van der Waals surface area contributed by atoms with Gasteiger partial charge in [-0.15, -0.1) is 0 Å². The maximum Gasteiger partial charge on any atom is 0 e. The van der Waals surface area contributed by atoms with E-state index in [9.17, 15) is 0 Å². The summed E-state index contributed by atoms with van der Waals surface area (Å²) in [5.74, 6) is 0. The molecule has 31 valence electrons. The second kappa shape index (κ2) is 26.6. The minimum absolute atomic E-state index is 0. The Morgan fingerprint density at radius 1 is 0.400 bits per heavy atom. The fourth-order valence-electron chi connectivity index (χ4n) is 0. The summed E-state index contributed by atoms with van der Waals surface area (Å²) >= 11 is 0. The third-order valence-electron chi connectivity index (χ3n) is 0. The maximum atomic E-state index is 0. The van der Waals surface area contributed by atoms with Crippen LogP contribution in [0.25, 0.3) is 0 Å². The van der Waals surface area contributed by atoms with Crippen molar-refractivity contribution in [3.8, 4) is 0 Å². The summed E-state index contributed by atoms with van der Waals surface area (Å²) in [6.07, 6.45) is 0. The van der Waals surface area contributed by atoms with Crippen molar-refractivity contribution < 1.29 is 67.1 Å². The van der Waals surface area contributed by atoms with E-state index in [0.717, 1.165) is 0 Å². The van der Waals surface area contributed by atoms with Gasteiger partial charge in [0.05, 0.1) is 0 Å². The monoisotopic (exact) mass is 435 g/mol. The second-order valence-corrected chi connectivity index (χ2v) is 0. The molecule has 3 radical (unpaired) electrons. The van der Waals surface area contributed by atoms with Gasteiger partial charge in [0, 0.05) is 67.1 Å². The van der Waals surface area contributed by atoms with Gasteiger partial charge in [-0.2, -0.15) is 0 Å². The van der Waals surface area contributed by atoms with Crippen LogP contribution in [0.1, 0.15) is 0 Å². The van der Waals surface area contributed by atoms with E-state index in [0.29, 0.717) is 0 Å². The molecule has 0 bridgehead atoms. The van der Waals surface area contributed by atoms with Gasteiger partial charge < -0.3 is 0 Å². The molecule has 0 saturated carbocycles. The molecule has 0 amide bonds. The van der Waals surface area contributed by atoms with Crippen molar-refractivity contribution in [3.05, 3.63) is 0 Å². The Bertz CT molecular complexity index is 4.85. The molecule has 0 aromatic rings. The average molecular weight is 432 g/mol. The van der Waals surface area contributed by atoms with Crippen LogP contribution in [0.2, 0.25) is 0 Å². The van der Waals surface area contributed by atoms with Crippen molar-refractivity contribution in [2.45, 2.75) is 0 Å². The molecular weight excluding hydrogens is 424 g/mol. The van der Waals surface area contributed by atoms with Crippen LogP contribution in [-0.2, 0) is 67.1 Å². The number of rotatable bonds is 0. The molecule has 5 heavy (non-hydrogen) atoms. The van der Waals surface area contributed by atoms with Crippen molar-refractivity contribution in [2.75, 3.05) is 0 Å². The summed E-state index contributed by atoms with van der Waals surface area (Å²) in [4.78, 5) is 0. The zero-order valence-electron chi connectivity index (χ0n) is 1.34. The second-order valence-electron chi connectivity index (χ2n) is 0. The van der Waals surface area contributed by atoms with E-state index < -0.39 is 0 Å². The predicted molar refractivity (Wildman–Crippen MR) is 22.7 cm³/mol. The summed E-state index contributed by atoms with van der Waals surface area (Å²) in [6.45, 7) is 0. The molecule has 0 rings (SSSR count). The fraction of sp³-hybridized carbons (Fsp3) is 0. The van der Waals surface area contributed by atoms with E-state index in [4.69, 9.17) is 0 Å². The molecule has 0 aliphatic heterocycles. The first-order valence-corrected chi connectivity index (χ1v) is 0. The van der Waals surface area contributed by atoms with Crippen molar-refractivity contribution in [1.82, 2.24) is 0 Å². The largest absolute Gasteiger partial charge is 0 e. The summed E-state index contributed by atoms with van der Waals surface area (Å²) in [6, 6.07) is 0. The first kappa shape index (κ1) is 40.6. The minimum atomic E-state index is 0. The molecule has 0 spiro atoms. The van der Waals surface area contributed by atoms with Crippen molar-refractivity contribution in [3.63, 3.8) is 0 Å². The Morgan fingerprint density at radius 3 is 0.400 bits per heavy atom. The summed E-state index contributed by atoms with van der Waals surface area (Å²) < 4.78 is 0. The van der Waals surface area contributed by atoms with E-state index in [1.807, 2.05) is 0 Å². The van der Waals surface area contributed by atoms with Gasteiger partial charge in [-0.05, 0) is 0 Å². The molecule has 0 aromatic heterocycles. The molecule has 0 aliphatic carbocycles. The molecule has 0 heterocycles. The first-order chi connectivity index (χ1) is 0. The van der Waals surface area contributed by atoms with Crippen molar-refractivity contribution in [1.29, 1.82) is 0 Å². The molecule has 5 heteroatoms. The van der Waals surface area contributed by atoms with E-state index in [1.165, 1.54) is 0 Å². The standard InChI is InChI=1S/2GeH4.3Nb/h2*1H4;;;. The molecule has 0 saturated heterocycles. The topological polar surface area (TPSA) is 0 Å². The predicted octanol–water partition coefficient (Wildman–Crippen LogP) is -2.91. The van der Waals surface area contributed by atoms with E-state index in [1.54, 1.807) is 0 Å². The van der Waals surface area contributed by atoms with Gasteiger partial charge in [-0.3, -0.25) is 0 Å². The van der Waals surface area contributed by atoms with E-state index >= 15 is 0 Å². The number of hydrogen-bond acceptors (Lipinski definition) is 0. The molecule has 0 fully saturated rings. The van der Waals surface area contributed by atoms with E-state index in [-0.39, 0.29) is 102 Å². The molecule has 0 aromatic carbocycles. The Labute approximate surface area is 100 Å². The van der Waals surface area contributed by atoms with Crippen LogP contribution in [0.3, 0.4) is 0 Å². The average Bonchev–Trinajstić information content (AvgIpc) is 0. The van der Waals surface area contributed by atoms with Crippen LogP contribution in [0.4, 0.5) is 0 Å². The Balaban J connectivity index is 0. The molecule has 0 atom stereocenters. The molecule has 0 aliphatic rings. The van der Waals surface area contributed by atoms with Gasteiger partial charge in [0.25, 0.3) is 0 Å². The molecule has 0 nitrogen and oxygen atoms in total. The third kappa shape index (κ3) is 18.8. The van der Waals surface area contributed by atoms with Crippen LogP contribution in [0.15, 0.2) is 0 Å². The van der Waals surface area contributed by atoms with Crippen LogP contribution < -0.4 is 0 Å².